The van der Waals surface area contributed by atoms with Crippen LogP contribution >= 0.6 is 0 Å². The van der Waals surface area contributed by atoms with Crippen LogP contribution in [-0.2, 0) is 28.0 Å². The number of imide groups is 1. The molecule has 2 aliphatic rings. The van der Waals surface area contributed by atoms with Crippen LogP contribution in [0.5, 0.6) is 0 Å². The summed E-state index contributed by atoms with van der Waals surface area (Å²) >= 11 is 0. The predicted molar refractivity (Wildman–Crippen MR) is 110 cm³/mol. The van der Waals surface area contributed by atoms with E-state index in [1.165, 1.54) is 35.4 Å². The number of benzene rings is 2. The topological polar surface area (TPSA) is 122 Å². The van der Waals surface area contributed by atoms with Crippen molar-refractivity contribution < 1.29 is 19.2 Å². The van der Waals surface area contributed by atoms with Gasteiger partial charge in [-0.2, -0.15) is 0 Å². The molecular formula is C22H22N4O4. The predicted octanol–water partition coefficient (Wildman–Crippen LogP) is 1.68. The van der Waals surface area contributed by atoms with Crippen LogP contribution < -0.4 is 16.4 Å². The summed E-state index contributed by atoms with van der Waals surface area (Å²) < 4.78 is 0. The van der Waals surface area contributed by atoms with Crippen LogP contribution in [-0.4, -0.2) is 35.2 Å². The molecule has 0 radical (unpaired) electrons. The van der Waals surface area contributed by atoms with Gasteiger partial charge in [-0.3, -0.25) is 19.3 Å². The highest BCUT2D eigenvalue weighted by Crippen LogP contribution is 2.32. The minimum Gasteiger partial charge on any atom is -0.366 e. The maximum atomic E-state index is 13.1. The van der Waals surface area contributed by atoms with Crippen LogP contribution in [0.2, 0.25) is 0 Å². The Kier molecular flexibility index (Phi) is 4.77. The van der Waals surface area contributed by atoms with Gasteiger partial charge in [0.05, 0.1) is 0 Å². The van der Waals surface area contributed by atoms with E-state index >= 15 is 0 Å². The lowest BCUT2D eigenvalue weighted by Crippen LogP contribution is -2.42. The third-order valence-corrected chi connectivity index (χ3v) is 5.71. The first kappa shape index (κ1) is 19.6. The summed E-state index contributed by atoms with van der Waals surface area (Å²) in [6, 6.07) is 11.3. The molecule has 0 saturated carbocycles. The zero-order valence-corrected chi connectivity index (χ0v) is 16.5. The number of hydrogen-bond donors (Lipinski definition) is 3. The zero-order chi connectivity index (χ0) is 21.5. The molecule has 0 spiro atoms. The number of carbonyl (C=O) groups excluding carboxylic acids is 4. The van der Waals surface area contributed by atoms with Gasteiger partial charge in [0.15, 0.2) is 0 Å². The van der Waals surface area contributed by atoms with E-state index in [1.54, 1.807) is 6.92 Å². The number of urea groups is 1. The number of anilines is 1. The first-order valence-corrected chi connectivity index (χ1v) is 9.74. The maximum Gasteiger partial charge on any atom is 0.325 e. The van der Waals surface area contributed by atoms with Gasteiger partial charge in [-0.1, -0.05) is 18.2 Å². The Morgan fingerprint density at radius 2 is 1.80 bits per heavy atom. The van der Waals surface area contributed by atoms with Gasteiger partial charge in [0.25, 0.3) is 5.91 Å². The average Bonchev–Trinajstić information content (AvgIpc) is 3.27. The van der Waals surface area contributed by atoms with Gasteiger partial charge in [0.2, 0.25) is 11.8 Å². The van der Waals surface area contributed by atoms with E-state index in [-0.39, 0.29) is 0 Å². The molecule has 4 rings (SSSR count). The van der Waals surface area contributed by atoms with Crippen molar-refractivity contribution in [2.45, 2.75) is 31.7 Å². The Bertz CT molecular complexity index is 1060. The molecule has 0 aromatic heterocycles. The van der Waals surface area contributed by atoms with Crippen molar-refractivity contribution in [2.75, 3.05) is 11.9 Å². The molecule has 8 nitrogen and oxygen atoms in total. The summed E-state index contributed by atoms with van der Waals surface area (Å²) in [6.45, 7) is 1.24. The van der Waals surface area contributed by atoms with Gasteiger partial charge >= 0.3 is 6.03 Å². The lowest BCUT2D eigenvalue weighted by Gasteiger charge is -2.23. The van der Waals surface area contributed by atoms with Gasteiger partial charge in [0.1, 0.15) is 12.1 Å². The van der Waals surface area contributed by atoms with Crippen molar-refractivity contribution >= 4 is 29.4 Å². The summed E-state index contributed by atoms with van der Waals surface area (Å²) in [4.78, 5) is 50.0. The normalized spacial score (nSPS) is 20.1. The third kappa shape index (κ3) is 3.41. The molecule has 4 N–H and O–H groups in total. The fourth-order valence-electron chi connectivity index (χ4n) is 3.98. The standard InChI is InChI=1S/C22H22N4O4/c1-22(16-8-5-13-3-2-4-15(13)11-16)20(29)26(21(30)25-22)12-18(27)24-17-9-6-14(7-10-17)19(23)28/h5-11H,2-4,12H2,1H3,(H2,23,28)(H,24,27)(H,25,30)/t22-/m1/s1. The molecular weight excluding hydrogens is 384 g/mol. The van der Waals surface area contributed by atoms with Gasteiger partial charge in [-0.05, 0) is 67.1 Å². The summed E-state index contributed by atoms with van der Waals surface area (Å²) in [5.41, 5.74) is 7.91. The van der Waals surface area contributed by atoms with Crippen molar-refractivity contribution in [3.63, 3.8) is 0 Å². The molecule has 2 aromatic rings. The number of hydrogen-bond acceptors (Lipinski definition) is 4. The molecule has 1 heterocycles. The largest absolute Gasteiger partial charge is 0.366 e. The van der Waals surface area contributed by atoms with Crippen molar-refractivity contribution in [3.05, 3.63) is 64.7 Å². The molecule has 30 heavy (non-hydrogen) atoms. The second-order valence-corrected chi connectivity index (χ2v) is 7.77. The van der Waals surface area contributed by atoms with Crippen LogP contribution in [0.3, 0.4) is 0 Å². The Balaban J connectivity index is 1.47. The molecule has 1 atom stereocenters. The summed E-state index contributed by atoms with van der Waals surface area (Å²) in [5, 5.41) is 5.35. The van der Waals surface area contributed by atoms with Crippen molar-refractivity contribution in [1.29, 1.82) is 0 Å². The Morgan fingerprint density at radius 3 is 2.50 bits per heavy atom. The monoisotopic (exact) mass is 406 g/mol. The van der Waals surface area contributed by atoms with E-state index < -0.39 is 35.8 Å². The second kappa shape index (κ2) is 7.29. The van der Waals surface area contributed by atoms with E-state index in [2.05, 4.69) is 10.6 Å². The highest BCUT2D eigenvalue weighted by Gasteiger charge is 2.49. The van der Waals surface area contributed by atoms with Crippen molar-refractivity contribution in [1.82, 2.24) is 10.2 Å². The molecule has 8 heteroatoms. The molecule has 0 bridgehead atoms. The van der Waals surface area contributed by atoms with Crippen molar-refractivity contribution in [2.24, 2.45) is 5.73 Å². The minimum absolute atomic E-state index is 0.312. The molecule has 2 aromatic carbocycles. The number of carbonyl (C=O) groups is 4. The first-order chi connectivity index (χ1) is 14.3. The number of rotatable bonds is 5. The SMILES string of the molecule is C[C@]1(c2ccc3c(c2)CCC3)NC(=O)N(CC(=O)Nc2ccc(C(N)=O)cc2)C1=O. The smallest absolute Gasteiger partial charge is 0.325 e. The lowest BCUT2D eigenvalue weighted by atomic mass is 9.89. The van der Waals surface area contributed by atoms with Gasteiger partial charge in [0, 0.05) is 11.3 Å². The lowest BCUT2D eigenvalue weighted by molar-refractivity contribution is -0.133. The third-order valence-electron chi connectivity index (χ3n) is 5.71. The number of nitrogens with zero attached hydrogens (tertiary/aromatic N) is 1. The highest BCUT2D eigenvalue weighted by molar-refractivity contribution is 6.10. The van der Waals surface area contributed by atoms with E-state index in [4.69, 9.17) is 5.73 Å². The molecule has 0 unspecified atom stereocenters. The van der Waals surface area contributed by atoms with Crippen LogP contribution in [0.4, 0.5) is 10.5 Å². The van der Waals surface area contributed by atoms with Crippen LogP contribution in [0.15, 0.2) is 42.5 Å². The Morgan fingerprint density at radius 1 is 1.10 bits per heavy atom. The van der Waals surface area contributed by atoms with E-state index in [0.29, 0.717) is 16.8 Å². The van der Waals surface area contributed by atoms with Crippen LogP contribution in [0.25, 0.3) is 0 Å². The highest BCUT2D eigenvalue weighted by atomic mass is 16.2. The number of aryl methyl sites for hydroxylation is 2. The molecule has 1 saturated heterocycles. The molecule has 154 valence electrons. The van der Waals surface area contributed by atoms with Crippen LogP contribution in [0.1, 0.15) is 40.4 Å². The number of nitrogens with one attached hydrogen (secondary N) is 2. The number of primary amides is 1. The molecule has 1 fully saturated rings. The molecule has 5 amide bonds. The molecule has 1 aliphatic carbocycles. The van der Waals surface area contributed by atoms with E-state index in [0.717, 1.165) is 24.2 Å². The molecule has 1 aliphatic heterocycles. The Labute approximate surface area is 173 Å². The fraction of sp³-hybridized carbons (Fsp3) is 0.273. The van der Waals surface area contributed by atoms with Gasteiger partial charge in [-0.15, -0.1) is 0 Å². The van der Waals surface area contributed by atoms with Crippen LogP contribution in [0, 0.1) is 0 Å². The maximum absolute atomic E-state index is 13.1. The average molecular weight is 406 g/mol. The minimum atomic E-state index is -1.21. The fourth-order valence-corrected chi connectivity index (χ4v) is 3.98. The Hall–Kier alpha value is -3.68. The first-order valence-electron chi connectivity index (χ1n) is 9.74. The summed E-state index contributed by atoms with van der Waals surface area (Å²) in [7, 11) is 0. The van der Waals surface area contributed by atoms with Crippen molar-refractivity contribution in [3.8, 4) is 0 Å². The summed E-state index contributed by atoms with van der Waals surface area (Å²) in [5.74, 6) is -1.56. The second-order valence-electron chi connectivity index (χ2n) is 7.77. The van der Waals surface area contributed by atoms with E-state index in [9.17, 15) is 19.2 Å². The number of nitrogens with two attached hydrogens (primary N) is 1. The number of amides is 5. The quantitative estimate of drug-likeness (QED) is 0.654. The van der Waals surface area contributed by atoms with E-state index in [1.807, 2.05) is 18.2 Å². The zero-order valence-electron chi connectivity index (χ0n) is 16.5. The van der Waals surface area contributed by atoms with Gasteiger partial charge in [-0.25, -0.2) is 4.79 Å². The summed E-state index contributed by atoms with van der Waals surface area (Å²) in [6.07, 6.45) is 3.07. The van der Waals surface area contributed by atoms with Gasteiger partial charge < -0.3 is 16.4 Å². The number of fused-ring (bicyclic) bond motifs is 1.